The van der Waals surface area contributed by atoms with Gasteiger partial charge in [0, 0.05) is 19.4 Å². The highest BCUT2D eigenvalue weighted by atomic mass is 32.1. The predicted octanol–water partition coefficient (Wildman–Crippen LogP) is 1.83. The Hall–Kier alpha value is -2.08. The van der Waals surface area contributed by atoms with Crippen molar-refractivity contribution in [2.45, 2.75) is 13.0 Å². The molecule has 1 unspecified atom stereocenters. The average Bonchev–Trinajstić information content (AvgIpc) is 3.06. The highest BCUT2D eigenvalue weighted by Crippen LogP contribution is 2.22. The maximum atomic E-state index is 12.0. The first-order valence-electron chi connectivity index (χ1n) is 5.77. The number of carbonyl (C=O) groups is 2. The molecule has 2 aromatic heterocycles. The van der Waals surface area contributed by atoms with E-state index in [9.17, 15) is 9.59 Å². The monoisotopic (exact) mass is 278 g/mol. The van der Waals surface area contributed by atoms with E-state index in [-0.39, 0.29) is 5.91 Å². The van der Waals surface area contributed by atoms with Crippen molar-refractivity contribution in [2.75, 3.05) is 7.05 Å². The average molecular weight is 278 g/mol. The maximum Gasteiger partial charge on any atom is 0.351 e. The van der Waals surface area contributed by atoms with Gasteiger partial charge < -0.3 is 14.6 Å². The van der Waals surface area contributed by atoms with Crippen molar-refractivity contribution in [1.82, 2.24) is 9.88 Å². The summed E-state index contributed by atoms with van der Waals surface area (Å²) in [7, 11) is 1.50. The topological polar surface area (TPSA) is 60.3 Å². The highest BCUT2D eigenvalue weighted by molar-refractivity contribution is 7.12. The summed E-state index contributed by atoms with van der Waals surface area (Å²) in [5, 5.41) is 4.26. The van der Waals surface area contributed by atoms with Crippen LogP contribution in [0.3, 0.4) is 0 Å². The first kappa shape index (κ1) is 13.4. The minimum atomic E-state index is -0.808. The molecule has 1 amide bonds. The second-order valence-electron chi connectivity index (χ2n) is 3.89. The molecule has 0 saturated heterocycles. The first-order valence-corrected chi connectivity index (χ1v) is 6.65. The van der Waals surface area contributed by atoms with Crippen LogP contribution >= 0.6 is 11.3 Å². The molecule has 5 nitrogen and oxygen atoms in total. The number of amides is 1. The van der Waals surface area contributed by atoms with Crippen LogP contribution in [0.25, 0.3) is 5.69 Å². The van der Waals surface area contributed by atoms with Crippen LogP contribution in [0.4, 0.5) is 0 Å². The van der Waals surface area contributed by atoms with Crippen LogP contribution in [0.15, 0.2) is 36.0 Å². The number of carbonyl (C=O) groups excluding carboxylic acids is 2. The van der Waals surface area contributed by atoms with Gasteiger partial charge >= 0.3 is 5.97 Å². The second-order valence-corrected chi connectivity index (χ2v) is 4.80. The van der Waals surface area contributed by atoms with Gasteiger partial charge in [-0.05, 0) is 30.5 Å². The third-order valence-corrected chi connectivity index (χ3v) is 3.50. The van der Waals surface area contributed by atoms with Crippen LogP contribution in [0.5, 0.6) is 0 Å². The standard InChI is InChI=1S/C13H14N2O3S/c1-9(12(16)14-2)18-13(17)11-10(5-8-19-11)15-6-3-4-7-15/h3-9H,1-2H3,(H,14,16). The molecule has 0 fully saturated rings. The lowest BCUT2D eigenvalue weighted by atomic mass is 10.3. The Morgan fingerprint density at radius 3 is 2.68 bits per heavy atom. The summed E-state index contributed by atoms with van der Waals surface area (Å²) < 4.78 is 6.96. The lowest BCUT2D eigenvalue weighted by Crippen LogP contribution is -2.33. The molecule has 0 aliphatic rings. The van der Waals surface area contributed by atoms with Crippen LogP contribution in [-0.2, 0) is 9.53 Å². The van der Waals surface area contributed by atoms with E-state index in [0.29, 0.717) is 4.88 Å². The predicted molar refractivity (Wildman–Crippen MR) is 72.6 cm³/mol. The van der Waals surface area contributed by atoms with Crippen molar-refractivity contribution in [1.29, 1.82) is 0 Å². The SMILES string of the molecule is CNC(=O)C(C)OC(=O)c1sccc1-n1cccc1. The number of aromatic nitrogens is 1. The number of nitrogens with one attached hydrogen (secondary N) is 1. The van der Waals surface area contributed by atoms with E-state index in [2.05, 4.69) is 5.32 Å². The van der Waals surface area contributed by atoms with Crippen molar-refractivity contribution >= 4 is 23.2 Å². The number of esters is 1. The smallest absolute Gasteiger partial charge is 0.351 e. The molecule has 0 saturated carbocycles. The largest absolute Gasteiger partial charge is 0.448 e. The molecule has 6 heteroatoms. The summed E-state index contributed by atoms with van der Waals surface area (Å²) in [5.74, 6) is -0.817. The van der Waals surface area contributed by atoms with Gasteiger partial charge in [-0.15, -0.1) is 11.3 Å². The fourth-order valence-electron chi connectivity index (χ4n) is 1.62. The van der Waals surface area contributed by atoms with E-state index in [4.69, 9.17) is 4.74 Å². The van der Waals surface area contributed by atoms with E-state index in [0.717, 1.165) is 5.69 Å². The van der Waals surface area contributed by atoms with Crippen molar-refractivity contribution in [3.05, 3.63) is 40.8 Å². The van der Waals surface area contributed by atoms with E-state index in [1.165, 1.54) is 18.4 Å². The van der Waals surface area contributed by atoms with Gasteiger partial charge in [0.1, 0.15) is 4.88 Å². The minimum Gasteiger partial charge on any atom is -0.448 e. The third-order valence-electron chi connectivity index (χ3n) is 2.61. The zero-order valence-electron chi connectivity index (χ0n) is 10.6. The summed E-state index contributed by atoms with van der Waals surface area (Å²) >= 11 is 1.29. The molecule has 0 bridgehead atoms. The molecule has 2 aromatic rings. The Balaban J connectivity index is 2.17. The van der Waals surface area contributed by atoms with E-state index in [1.807, 2.05) is 40.5 Å². The summed E-state index contributed by atoms with van der Waals surface area (Å²) in [4.78, 5) is 23.9. The molecule has 0 aliphatic heterocycles. The fourth-order valence-corrected chi connectivity index (χ4v) is 2.40. The Kier molecular flexibility index (Phi) is 4.01. The van der Waals surface area contributed by atoms with Gasteiger partial charge in [-0.1, -0.05) is 0 Å². The van der Waals surface area contributed by atoms with Crippen LogP contribution in [0.1, 0.15) is 16.6 Å². The van der Waals surface area contributed by atoms with Gasteiger partial charge in [-0.25, -0.2) is 4.79 Å². The number of nitrogens with zero attached hydrogens (tertiary/aromatic N) is 1. The summed E-state index contributed by atoms with van der Waals surface area (Å²) in [5.41, 5.74) is 0.754. The van der Waals surface area contributed by atoms with Gasteiger partial charge in [-0.2, -0.15) is 0 Å². The Bertz CT molecular complexity index is 574. The van der Waals surface area contributed by atoms with E-state index < -0.39 is 12.1 Å². The molecule has 100 valence electrons. The number of hydrogen-bond acceptors (Lipinski definition) is 4. The molecule has 19 heavy (non-hydrogen) atoms. The van der Waals surface area contributed by atoms with Crippen LogP contribution in [-0.4, -0.2) is 29.6 Å². The fraction of sp³-hybridized carbons (Fsp3) is 0.231. The quantitative estimate of drug-likeness (QED) is 0.868. The van der Waals surface area contributed by atoms with Gasteiger partial charge in [0.2, 0.25) is 0 Å². The summed E-state index contributed by atoms with van der Waals surface area (Å²) in [6.07, 6.45) is 2.89. The summed E-state index contributed by atoms with van der Waals surface area (Å²) in [6.45, 7) is 1.54. The molecule has 1 atom stereocenters. The first-order chi connectivity index (χ1) is 9.13. The van der Waals surface area contributed by atoms with Crippen LogP contribution in [0.2, 0.25) is 0 Å². The maximum absolute atomic E-state index is 12.0. The third kappa shape index (κ3) is 2.85. The van der Waals surface area contributed by atoms with E-state index >= 15 is 0 Å². The molecule has 2 rings (SSSR count). The van der Waals surface area contributed by atoms with Crippen molar-refractivity contribution < 1.29 is 14.3 Å². The van der Waals surface area contributed by atoms with Gasteiger partial charge in [0.15, 0.2) is 6.10 Å². The lowest BCUT2D eigenvalue weighted by molar-refractivity contribution is -0.128. The Morgan fingerprint density at radius 1 is 1.37 bits per heavy atom. The molecular formula is C13H14N2O3S. The Labute approximate surface area is 114 Å². The van der Waals surface area contributed by atoms with Gasteiger partial charge in [0.25, 0.3) is 5.91 Å². The van der Waals surface area contributed by atoms with Crippen molar-refractivity contribution in [2.24, 2.45) is 0 Å². The molecular weight excluding hydrogens is 264 g/mol. The number of thiophene rings is 1. The highest BCUT2D eigenvalue weighted by Gasteiger charge is 2.21. The van der Waals surface area contributed by atoms with Crippen molar-refractivity contribution in [3.8, 4) is 5.69 Å². The van der Waals surface area contributed by atoms with Crippen molar-refractivity contribution in [3.63, 3.8) is 0 Å². The van der Waals surface area contributed by atoms with Gasteiger partial charge in [0.05, 0.1) is 5.69 Å². The zero-order valence-corrected chi connectivity index (χ0v) is 11.4. The molecule has 0 spiro atoms. The minimum absolute atomic E-state index is 0.326. The van der Waals surface area contributed by atoms with Crippen LogP contribution in [0, 0.1) is 0 Å². The second kappa shape index (κ2) is 5.71. The molecule has 0 aliphatic carbocycles. The lowest BCUT2D eigenvalue weighted by Gasteiger charge is -2.11. The molecule has 0 radical (unpaired) electrons. The molecule has 2 heterocycles. The van der Waals surface area contributed by atoms with Gasteiger partial charge in [-0.3, -0.25) is 4.79 Å². The normalized spacial score (nSPS) is 11.9. The van der Waals surface area contributed by atoms with Crippen LogP contribution < -0.4 is 5.32 Å². The van der Waals surface area contributed by atoms with E-state index in [1.54, 1.807) is 6.92 Å². The molecule has 0 aromatic carbocycles. The summed E-state index contributed by atoms with van der Waals surface area (Å²) in [6, 6.07) is 5.59. The number of likely N-dealkylation sites (N-methyl/N-ethyl adjacent to an activating group) is 1. The number of rotatable bonds is 4. The number of hydrogen-bond donors (Lipinski definition) is 1. The zero-order chi connectivity index (χ0) is 13.8. The Morgan fingerprint density at radius 2 is 2.05 bits per heavy atom. The number of ether oxygens (including phenoxy) is 1. The molecule has 1 N–H and O–H groups in total.